The van der Waals surface area contributed by atoms with Crippen LogP contribution in [0.3, 0.4) is 0 Å². The minimum atomic E-state index is -0.894. The highest BCUT2D eigenvalue weighted by molar-refractivity contribution is 6.01. The lowest BCUT2D eigenvalue weighted by molar-refractivity contribution is -0.141. The van der Waals surface area contributed by atoms with E-state index in [0.29, 0.717) is 45.9 Å². The third-order valence-electron chi connectivity index (χ3n) is 5.56. The molecule has 0 aliphatic carbocycles. The van der Waals surface area contributed by atoms with Gasteiger partial charge in [-0.2, -0.15) is 0 Å². The fourth-order valence-corrected chi connectivity index (χ4v) is 3.63. The number of aliphatic hydroxyl groups is 1. The summed E-state index contributed by atoms with van der Waals surface area (Å²) in [5.74, 6) is -1.77. The van der Waals surface area contributed by atoms with Crippen LogP contribution >= 0.6 is 0 Å². The van der Waals surface area contributed by atoms with Crippen LogP contribution in [0.2, 0.25) is 0 Å². The van der Waals surface area contributed by atoms with Crippen molar-refractivity contribution in [3.05, 3.63) is 77.0 Å². The second-order valence-corrected chi connectivity index (χ2v) is 8.26. The molecule has 0 aliphatic rings. The Bertz CT molecular complexity index is 1270. The Hall–Kier alpha value is -4.24. The molecular formula is C27H28N2O7. The summed E-state index contributed by atoms with van der Waals surface area (Å²) in [6.07, 6.45) is 1.72. The van der Waals surface area contributed by atoms with Crippen molar-refractivity contribution < 1.29 is 34.1 Å². The molecule has 0 bridgehead atoms. The smallest absolute Gasteiger partial charge is 0.343 e. The van der Waals surface area contributed by atoms with E-state index in [1.807, 2.05) is 0 Å². The summed E-state index contributed by atoms with van der Waals surface area (Å²) in [5, 5.41) is 20.8. The van der Waals surface area contributed by atoms with Gasteiger partial charge in [0.05, 0.1) is 30.8 Å². The number of carbonyl (C=O) groups is 3. The average Bonchev–Trinajstić information content (AvgIpc) is 2.86. The van der Waals surface area contributed by atoms with Crippen LogP contribution in [0.1, 0.15) is 38.8 Å². The lowest BCUT2D eigenvalue weighted by Crippen LogP contribution is -2.27. The first-order valence-corrected chi connectivity index (χ1v) is 11.3. The first kappa shape index (κ1) is 26.4. The quantitative estimate of drug-likeness (QED) is 0.290. The number of carboxylic acid groups (broad SMARTS) is 1. The number of esters is 1. The number of amides is 1. The Balaban J connectivity index is 1.85. The van der Waals surface area contributed by atoms with E-state index in [2.05, 4.69) is 10.3 Å². The van der Waals surface area contributed by atoms with E-state index in [1.54, 1.807) is 62.4 Å². The van der Waals surface area contributed by atoms with Crippen molar-refractivity contribution in [1.82, 2.24) is 10.3 Å². The van der Waals surface area contributed by atoms with Crippen molar-refractivity contribution in [2.75, 3.05) is 20.3 Å². The van der Waals surface area contributed by atoms with Crippen LogP contribution in [0.25, 0.3) is 11.1 Å². The van der Waals surface area contributed by atoms with E-state index in [-0.39, 0.29) is 13.2 Å². The lowest BCUT2D eigenvalue weighted by Gasteiger charge is -2.13. The van der Waals surface area contributed by atoms with E-state index in [4.69, 9.17) is 19.7 Å². The number of nitrogens with one attached hydrogen (secondary N) is 1. The SMILES string of the molecule is COc1cc(-c2ccc(C(=O)Oc3cccc(CC(C)C(=O)O)c3)c(C)c2)c(C(=O)NCCO)cn1. The number of ether oxygens (including phenoxy) is 2. The molecule has 1 unspecified atom stereocenters. The maximum atomic E-state index is 12.9. The zero-order valence-corrected chi connectivity index (χ0v) is 20.3. The van der Waals surface area contributed by atoms with Crippen molar-refractivity contribution in [3.63, 3.8) is 0 Å². The van der Waals surface area contributed by atoms with Gasteiger partial charge in [0.15, 0.2) is 0 Å². The monoisotopic (exact) mass is 492 g/mol. The normalized spacial score (nSPS) is 11.4. The van der Waals surface area contributed by atoms with Gasteiger partial charge < -0.3 is 25.0 Å². The second-order valence-electron chi connectivity index (χ2n) is 8.26. The number of carboxylic acids is 1. The highest BCUT2D eigenvalue weighted by Gasteiger charge is 2.18. The van der Waals surface area contributed by atoms with Crippen LogP contribution < -0.4 is 14.8 Å². The molecule has 0 aliphatic heterocycles. The number of aryl methyl sites for hydroxylation is 1. The zero-order valence-electron chi connectivity index (χ0n) is 20.3. The number of methoxy groups -OCH3 is 1. The zero-order chi connectivity index (χ0) is 26.2. The molecule has 1 aromatic heterocycles. The van der Waals surface area contributed by atoms with Gasteiger partial charge in [-0.3, -0.25) is 9.59 Å². The van der Waals surface area contributed by atoms with Gasteiger partial charge in [0.1, 0.15) is 5.75 Å². The number of hydrogen-bond donors (Lipinski definition) is 3. The highest BCUT2D eigenvalue weighted by Crippen LogP contribution is 2.29. The molecule has 0 spiro atoms. The summed E-state index contributed by atoms with van der Waals surface area (Å²) in [7, 11) is 1.47. The van der Waals surface area contributed by atoms with Gasteiger partial charge >= 0.3 is 11.9 Å². The predicted molar refractivity (Wildman–Crippen MR) is 132 cm³/mol. The van der Waals surface area contributed by atoms with Gasteiger partial charge in [-0.15, -0.1) is 0 Å². The number of benzene rings is 2. The number of aliphatic carboxylic acids is 1. The Labute approximate surface area is 208 Å². The predicted octanol–water partition coefficient (Wildman–Crippen LogP) is 3.27. The lowest BCUT2D eigenvalue weighted by atomic mass is 9.97. The largest absolute Gasteiger partial charge is 0.481 e. The van der Waals surface area contributed by atoms with Gasteiger partial charge in [-0.1, -0.05) is 31.2 Å². The molecule has 1 amide bonds. The molecule has 0 radical (unpaired) electrons. The topological polar surface area (TPSA) is 135 Å². The molecule has 188 valence electrons. The Morgan fingerprint density at radius 3 is 2.53 bits per heavy atom. The van der Waals surface area contributed by atoms with Crippen LogP contribution in [-0.2, 0) is 11.2 Å². The number of pyridine rings is 1. The first-order valence-electron chi connectivity index (χ1n) is 11.3. The van der Waals surface area contributed by atoms with E-state index < -0.39 is 23.8 Å². The van der Waals surface area contributed by atoms with Crippen LogP contribution in [0.4, 0.5) is 0 Å². The molecule has 0 saturated carbocycles. The van der Waals surface area contributed by atoms with Gasteiger partial charge in [0.25, 0.3) is 5.91 Å². The summed E-state index contributed by atoms with van der Waals surface area (Å²) in [4.78, 5) is 40.7. The fraction of sp³-hybridized carbons (Fsp3) is 0.259. The number of hydrogen-bond acceptors (Lipinski definition) is 7. The van der Waals surface area contributed by atoms with Crippen molar-refractivity contribution in [3.8, 4) is 22.8 Å². The molecule has 0 saturated heterocycles. The Kier molecular flexibility index (Phi) is 8.75. The van der Waals surface area contributed by atoms with Crippen molar-refractivity contribution >= 4 is 17.8 Å². The summed E-state index contributed by atoms with van der Waals surface area (Å²) in [6.45, 7) is 3.29. The molecule has 9 heteroatoms. The van der Waals surface area contributed by atoms with Gasteiger partial charge in [0.2, 0.25) is 5.88 Å². The minimum Gasteiger partial charge on any atom is -0.481 e. The van der Waals surface area contributed by atoms with E-state index in [0.717, 1.165) is 5.56 Å². The van der Waals surface area contributed by atoms with Crippen molar-refractivity contribution in [1.29, 1.82) is 0 Å². The Morgan fingerprint density at radius 2 is 1.86 bits per heavy atom. The fourth-order valence-electron chi connectivity index (χ4n) is 3.63. The summed E-state index contributed by atoms with van der Waals surface area (Å²) >= 11 is 0. The third kappa shape index (κ3) is 6.45. The molecular weight excluding hydrogens is 464 g/mol. The third-order valence-corrected chi connectivity index (χ3v) is 5.56. The molecule has 3 rings (SSSR count). The molecule has 3 aromatic rings. The van der Waals surface area contributed by atoms with Crippen molar-refractivity contribution in [2.24, 2.45) is 5.92 Å². The van der Waals surface area contributed by atoms with Crippen LogP contribution in [0, 0.1) is 12.8 Å². The second kappa shape index (κ2) is 11.9. The van der Waals surface area contributed by atoms with E-state index in [1.165, 1.54) is 13.3 Å². The first-order chi connectivity index (χ1) is 17.2. The Morgan fingerprint density at radius 1 is 1.08 bits per heavy atom. The number of aromatic nitrogens is 1. The van der Waals surface area contributed by atoms with E-state index in [9.17, 15) is 14.4 Å². The van der Waals surface area contributed by atoms with Crippen LogP contribution in [0.15, 0.2) is 54.7 Å². The molecule has 1 heterocycles. The molecule has 3 N–H and O–H groups in total. The molecule has 1 atom stereocenters. The van der Waals surface area contributed by atoms with Gasteiger partial charge in [-0.25, -0.2) is 9.78 Å². The average molecular weight is 493 g/mol. The highest BCUT2D eigenvalue weighted by atomic mass is 16.5. The summed E-state index contributed by atoms with van der Waals surface area (Å²) in [5.41, 5.74) is 3.25. The number of carbonyl (C=O) groups excluding carboxylic acids is 2. The van der Waals surface area contributed by atoms with Crippen LogP contribution in [0.5, 0.6) is 11.6 Å². The number of rotatable bonds is 10. The van der Waals surface area contributed by atoms with Gasteiger partial charge in [-0.05, 0) is 48.2 Å². The minimum absolute atomic E-state index is 0.102. The molecule has 36 heavy (non-hydrogen) atoms. The van der Waals surface area contributed by atoms with Crippen molar-refractivity contribution in [2.45, 2.75) is 20.3 Å². The number of aliphatic hydroxyl groups excluding tert-OH is 1. The standard InChI is InChI=1S/C27H28N2O7/c1-16-12-19(22-14-24(35-3)29-15-23(22)25(31)28-9-10-30)7-8-21(16)27(34)36-20-6-4-5-18(13-20)11-17(2)26(32)33/h4-8,12-15,17,30H,9-11H2,1-3H3,(H,28,31)(H,32,33). The number of nitrogens with zero attached hydrogens (tertiary/aromatic N) is 1. The maximum Gasteiger partial charge on any atom is 0.343 e. The molecule has 0 fully saturated rings. The van der Waals surface area contributed by atoms with Crippen LogP contribution in [-0.4, -0.2) is 53.3 Å². The molecule has 9 nitrogen and oxygen atoms in total. The maximum absolute atomic E-state index is 12.9. The summed E-state index contributed by atoms with van der Waals surface area (Å²) in [6, 6.07) is 13.5. The van der Waals surface area contributed by atoms with Gasteiger partial charge in [0, 0.05) is 24.4 Å². The molecule has 2 aromatic carbocycles. The summed E-state index contributed by atoms with van der Waals surface area (Å²) < 4.78 is 10.8. The van der Waals surface area contributed by atoms with E-state index >= 15 is 0 Å².